The third-order valence-electron chi connectivity index (χ3n) is 6.26. The number of aromatic nitrogens is 1. The molecule has 1 aromatic heterocycles. The summed E-state index contributed by atoms with van der Waals surface area (Å²) in [5.41, 5.74) is 1.71. The molecular weight excluding hydrogens is 382 g/mol. The molecule has 1 spiro atoms. The number of likely N-dealkylation sites (tertiary alicyclic amines) is 1. The van der Waals surface area contributed by atoms with Crippen LogP contribution < -0.4 is 10.5 Å². The molecule has 30 heavy (non-hydrogen) atoms. The van der Waals surface area contributed by atoms with Gasteiger partial charge in [0.25, 0.3) is 0 Å². The normalized spacial score (nSPS) is 18.8. The summed E-state index contributed by atoms with van der Waals surface area (Å²) < 4.78 is 13.2. The average molecular weight is 407 g/mol. The Balaban J connectivity index is 1.47. The van der Waals surface area contributed by atoms with E-state index in [4.69, 9.17) is 9.15 Å². The van der Waals surface area contributed by atoms with E-state index in [1.165, 1.54) is 4.57 Å². The maximum absolute atomic E-state index is 13.4. The summed E-state index contributed by atoms with van der Waals surface area (Å²) in [6.45, 7) is 2.79. The molecule has 0 bridgehead atoms. The van der Waals surface area contributed by atoms with Gasteiger partial charge in [-0.2, -0.15) is 0 Å². The van der Waals surface area contributed by atoms with Crippen LogP contribution in [0, 0.1) is 0 Å². The Morgan fingerprint density at radius 2 is 1.80 bits per heavy atom. The van der Waals surface area contributed by atoms with Crippen molar-refractivity contribution in [2.45, 2.75) is 31.5 Å². The predicted octanol–water partition coefficient (Wildman–Crippen LogP) is 2.48. The number of hydrogen-bond donors (Lipinski definition) is 0. The van der Waals surface area contributed by atoms with E-state index in [-0.39, 0.29) is 12.5 Å². The fourth-order valence-corrected chi connectivity index (χ4v) is 4.47. The van der Waals surface area contributed by atoms with E-state index < -0.39 is 11.4 Å². The van der Waals surface area contributed by atoms with Crippen LogP contribution in [0.2, 0.25) is 0 Å². The second kappa shape index (κ2) is 7.32. The third-order valence-corrected chi connectivity index (χ3v) is 6.26. The molecule has 0 N–H and O–H groups in total. The van der Waals surface area contributed by atoms with Crippen molar-refractivity contribution in [3.05, 3.63) is 64.6 Å². The lowest BCUT2D eigenvalue weighted by molar-refractivity contribution is -0.135. The number of benzene rings is 2. The van der Waals surface area contributed by atoms with Crippen LogP contribution in [0.3, 0.4) is 0 Å². The minimum atomic E-state index is -0.509. The molecule has 2 aliphatic heterocycles. The summed E-state index contributed by atoms with van der Waals surface area (Å²) in [4.78, 5) is 29.8. The summed E-state index contributed by atoms with van der Waals surface area (Å²) in [6.07, 6.45) is 1.71. The molecule has 1 amide bonds. The van der Waals surface area contributed by atoms with Crippen LogP contribution in [-0.2, 0) is 17.9 Å². The zero-order valence-corrected chi connectivity index (χ0v) is 17.0. The van der Waals surface area contributed by atoms with E-state index in [0.29, 0.717) is 24.2 Å². The minimum Gasteiger partial charge on any atom is -0.485 e. The number of piperidine rings is 1. The first kappa shape index (κ1) is 18.9. The van der Waals surface area contributed by atoms with Gasteiger partial charge in [-0.1, -0.05) is 30.3 Å². The highest BCUT2D eigenvalue weighted by Gasteiger charge is 2.41. The quantitative estimate of drug-likeness (QED) is 0.653. The topological polar surface area (TPSA) is 67.9 Å². The van der Waals surface area contributed by atoms with E-state index in [9.17, 15) is 9.59 Å². The van der Waals surface area contributed by atoms with Gasteiger partial charge in [0.1, 0.15) is 17.9 Å². The Bertz CT molecular complexity index is 1140. The summed E-state index contributed by atoms with van der Waals surface area (Å²) in [7, 11) is 2.11. The number of carbonyl (C=O) groups is 1. The highest BCUT2D eigenvalue weighted by molar-refractivity contribution is 5.80. The van der Waals surface area contributed by atoms with Gasteiger partial charge in [0.15, 0.2) is 5.58 Å². The van der Waals surface area contributed by atoms with Crippen LogP contribution in [0.5, 0.6) is 5.75 Å². The number of rotatable bonds is 2. The number of carbonyl (C=O) groups excluding carboxylic acids is 1. The van der Waals surface area contributed by atoms with Crippen LogP contribution in [-0.4, -0.2) is 52.6 Å². The fourth-order valence-electron chi connectivity index (χ4n) is 4.47. The summed E-state index contributed by atoms with van der Waals surface area (Å²) >= 11 is 0. The van der Waals surface area contributed by atoms with Crippen molar-refractivity contribution in [3.8, 4) is 5.75 Å². The van der Waals surface area contributed by atoms with Gasteiger partial charge in [0.2, 0.25) is 5.91 Å². The Morgan fingerprint density at radius 3 is 2.63 bits per heavy atom. The van der Waals surface area contributed by atoms with Gasteiger partial charge < -0.3 is 19.0 Å². The SMILES string of the molecule is CN1CCC2(CC1)CN(C(=O)Cn1c(=O)oc3ccccc31)Cc1ccccc1O2. The summed E-state index contributed by atoms with van der Waals surface area (Å²) in [5, 5.41) is 0. The van der Waals surface area contributed by atoms with Gasteiger partial charge in [-0.15, -0.1) is 0 Å². The van der Waals surface area contributed by atoms with Crippen molar-refractivity contribution in [2.75, 3.05) is 26.7 Å². The molecule has 7 heteroatoms. The number of para-hydroxylation sites is 3. The Kier molecular flexibility index (Phi) is 4.62. The number of ether oxygens (including phenoxy) is 1. The molecule has 3 aromatic rings. The standard InChI is InChI=1S/C23H25N3O4/c1-24-12-10-23(11-13-24)16-25(14-17-6-2-4-8-19(17)30-23)21(27)15-26-18-7-3-5-9-20(18)29-22(26)28/h2-9H,10-16H2,1H3. The predicted molar refractivity (Wildman–Crippen MR) is 112 cm³/mol. The molecular formula is C23H25N3O4. The van der Waals surface area contributed by atoms with Crippen LogP contribution >= 0.6 is 0 Å². The van der Waals surface area contributed by atoms with Crippen molar-refractivity contribution in [1.82, 2.24) is 14.4 Å². The minimum absolute atomic E-state index is 0.0476. The first-order valence-corrected chi connectivity index (χ1v) is 10.3. The zero-order valence-electron chi connectivity index (χ0n) is 17.0. The number of fused-ring (bicyclic) bond motifs is 2. The van der Waals surface area contributed by atoms with Gasteiger partial charge in [-0.25, -0.2) is 4.79 Å². The molecule has 0 radical (unpaired) electrons. The van der Waals surface area contributed by atoms with Crippen molar-refractivity contribution in [3.63, 3.8) is 0 Å². The summed E-state index contributed by atoms with van der Waals surface area (Å²) in [5.74, 6) is 0.232. The fraction of sp³-hybridized carbons (Fsp3) is 0.391. The number of amides is 1. The second-order valence-corrected chi connectivity index (χ2v) is 8.37. The van der Waals surface area contributed by atoms with E-state index in [1.54, 1.807) is 12.1 Å². The van der Waals surface area contributed by atoms with E-state index in [2.05, 4.69) is 11.9 Å². The first-order valence-electron chi connectivity index (χ1n) is 10.3. The summed E-state index contributed by atoms with van der Waals surface area (Å²) in [6, 6.07) is 15.1. The molecule has 2 aromatic carbocycles. The van der Waals surface area contributed by atoms with Gasteiger partial charge in [0, 0.05) is 38.0 Å². The maximum Gasteiger partial charge on any atom is 0.420 e. The molecule has 1 saturated heterocycles. The Morgan fingerprint density at radius 1 is 1.07 bits per heavy atom. The molecule has 0 unspecified atom stereocenters. The monoisotopic (exact) mass is 407 g/mol. The van der Waals surface area contributed by atoms with Crippen LogP contribution in [0.4, 0.5) is 0 Å². The molecule has 5 rings (SSSR count). The van der Waals surface area contributed by atoms with Crippen molar-refractivity contribution < 1.29 is 13.9 Å². The molecule has 156 valence electrons. The van der Waals surface area contributed by atoms with Crippen molar-refractivity contribution in [1.29, 1.82) is 0 Å². The molecule has 0 aliphatic carbocycles. The van der Waals surface area contributed by atoms with Gasteiger partial charge >= 0.3 is 5.76 Å². The lowest BCUT2D eigenvalue weighted by Crippen LogP contribution is -2.54. The third kappa shape index (κ3) is 3.39. The average Bonchev–Trinajstić information content (AvgIpc) is 2.96. The number of nitrogens with zero attached hydrogens (tertiary/aromatic N) is 3. The van der Waals surface area contributed by atoms with Gasteiger partial charge in [-0.3, -0.25) is 9.36 Å². The molecule has 0 atom stereocenters. The van der Waals surface area contributed by atoms with Gasteiger partial charge in [-0.05, 0) is 25.2 Å². The van der Waals surface area contributed by atoms with Crippen LogP contribution in [0.25, 0.3) is 11.1 Å². The lowest BCUT2D eigenvalue weighted by Gasteiger charge is -2.41. The zero-order chi connectivity index (χ0) is 20.7. The second-order valence-electron chi connectivity index (χ2n) is 8.37. The molecule has 2 aliphatic rings. The van der Waals surface area contributed by atoms with Crippen LogP contribution in [0.1, 0.15) is 18.4 Å². The van der Waals surface area contributed by atoms with Gasteiger partial charge in [0.05, 0.1) is 12.1 Å². The lowest BCUT2D eigenvalue weighted by atomic mass is 9.90. The Hall–Kier alpha value is -3.06. The largest absolute Gasteiger partial charge is 0.485 e. The van der Waals surface area contributed by atoms with E-state index in [0.717, 1.165) is 37.2 Å². The van der Waals surface area contributed by atoms with Crippen molar-refractivity contribution >= 4 is 17.0 Å². The van der Waals surface area contributed by atoms with Crippen LogP contribution in [0.15, 0.2) is 57.7 Å². The molecule has 1 fully saturated rings. The highest BCUT2D eigenvalue weighted by Crippen LogP contribution is 2.35. The van der Waals surface area contributed by atoms with E-state index >= 15 is 0 Å². The molecule has 0 saturated carbocycles. The highest BCUT2D eigenvalue weighted by atomic mass is 16.5. The van der Waals surface area contributed by atoms with E-state index in [1.807, 2.05) is 41.3 Å². The smallest absolute Gasteiger partial charge is 0.420 e. The first-order chi connectivity index (χ1) is 14.5. The number of hydrogen-bond acceptors (Lipinski definition) is 5. The molecule has 3 heterocycles. The maximum atomic E-state index is 13.4. The Labute approximate surface area is 174 Å². The van der Waals surface area contributed by atoms with Crippen molar-refractivity contribution in [2.24, 2.45) is 0 Å². The molecule has 7 nitrogen and oxygen atoms in total. The number of oxazole rings is 1.